The second kappa shape index (κ2) is 5.35. The Morgan fingerprint density at radius 2 is 1.60 bits per heavy atom. The first-order valence-electron chi connectivity index (χ1n) is 5.02. The molecule has 4 heteroatoms. The van der Waals surface area contributed by atoms with Gasteiger partial charge in [0.15, 0.2) is 0 Å². The maximum absolute atomic E-state index is 5.84. The highest BCUT2D eigenvalue weighted by atomic mass is 35.5. The zero-order valence-corrected chi connectivity index (χ0v) is 9.24. The predicted molar refractivity (Wildman–Crippen MR) is 60.4 cm³/mol. The van der Waals surface area contributed by atoms with Gasteiger partial charge in [-0.3, -0.25) is 0 Å². The smallest absolute Gasteiger partial charge is 0.146 e. The predicted octanol–water partition coefficient (Wildman–Crippen LogP) is 2.15. The van der Waals surface area contributed by atoms with Gasteiger partial charge in [-0.2, -0.15) is 0 Å². The highest BCUT2D eigenvalue weighted by Gasteiger charge is 2.08. The van der Waals surface area contributed by atoms with Crippen molar-refractivity contribution in [3.8, 4) is 0 Å². The number of benzene rings is 1. The van der Waals surface area contributed by atoms with E-state index >= 15 is 0 Å². The summed E-state index contributed by atoms with van der Waals surface area (Å²) >= 11 is 5.84. The molecule has 1 fully saturated rings. The van der Waals surface area contributed by atoms with E-state index in [4.69, 9.17) is 21.1 Å². The first kappa shape index (κ1) is 10.7. The van der Waals surface area contributed by atoms with Crippen molar-refractivity contribution in [2.24, 2.45) is 0 Å². The largest absolute Gasteiger partial charge is 0.367 e. The van der Waals surface area contributed by atoms with Crippen LogP contribution in [0.1, 0.15) is 0 Å². The van der Waals surface area contributed by atoms with E-state index < -0.39 is 0 Å². The van der Waals surface area contributed by atoms with Crippen LogP contribution >= 0.6 is 11.6 Å². The van der Waals surface area contributed by atoms with Crippen molar-refractivity contribution in [1.29, 1.82) is 0 Å². The Morgan fingerprint density at radius 1 is 1.00 bits per heavy atom. The zero-order chi connectivity index (χ0) is 10.5. The van der Waals surface area contributed by atoms with Crippen LogP contribution in [0, 0.1) is 0 Å². The summed E-state index contributed by atoms with van der Waals surface area (Å²) in [7, 11) is 0. The molecule has 15 heavy (non-hydrogen) atoms. The molecule has 0 aromatic heterocycles. The van der Waals surface area contributed by atoms with E-state index in [9.17, 15) is 0 Å². The number of nitrogens with zero attached hydrogens (tertiary/aromatic N) is 1. The molecule has 0 amide bonds. The summed E-state index contributed by atoms with van der Waals surface area (Å²) in [5, 5.41) is 0.762. The number of rotatable bonds is 1. The Hall–Kier alpha value is -0.770. The second-order valence-corrected chi connectivity index (χ2v) is 3.83. The molecule has 1 aromatic carbocycles. The van der Waals surface area contributed by atoms with Gasteiger partial charge in [-0.05, 0) is 24.3 Å². The monoisotopic (exact) mass is 227 g/mol. The summed E-state index contributed by atoms with van der Waals surface area (Å²) in [4.78, 5) is 2.23. The summed E-state index contributed by atoms with van der Waals surface area (Å²) in [5.41, 5.74) is 1.16. The van der Waals surface area contributed by atoms with Crippen LogP contribution < -0.4 is 4.90 Å². The van der Waals surface area contributed by atoms with E-state index in [-0.39, 0.29) is 0 Å². The van der Waals surface area contributed by atoms with Crippen LogP contribution in [-0.4, -0.2) is 33.1 Å². The first-order valence-corrected chi connectivity index (χ1v) is 5.40. The van der Waals surface area contributed by atoms with Crippen LogP contribution in [0.4, 0.5) is 5.69 Å². The van der Waals surface area contributed by atoms with Crippen LogP contribution in [0.2, 0.25) is 5.02 Å². The topological polar surface area (TPSA) is 21.7 Å². The van der Waals surface area contributed by atoms with Gasteiger partial charge in [0.2, 0.25) is 0 Å². The Bertz CT molecular complexity index is 294. The van der Waals surface area contributed by atoms with Crippen molar-refractivity contribution in [3.63, 3.8) is 0 Å². The van der Waals surface area contributed by atoms with Gasteiger partial charge >= 0.3 is 0 Å². The maximum atomic E-state index is 5.84. The number of halogens is 1. The van der Waals surface area contributed by atoms with E-state index in [1.165, 1.54) is 0 Å². The molecule has 0 radical (unpaired) electrons. The SMILES string of the molecule is Clc1ccc(N2CCOCOCC2)cc1. The van der Waals surface area contributed by atoms with Gasteiger partial charge < -0.3 is 14.4 Å². The third kappa shape index (κ3) is 3.09. The third-order valence-corrected chi connectivity index (χ3v) is 2.62. The quantitative estimate of drug-likeness (QED) is 0.734. The molecule has 1 aliphatic rings. The van der Waals surface area contributed by atoms with Crippen LogP contribution in [0.15, 0.2) is 24.3 Å². The Balaban J connectivity index is 2.03. The Labute approximate surface area is 94.5 Å². The van der Waals surface area contributed by atoms with Crippen molar-refractivity contribution in [1.82, 2.24) is 0 Å². The van der Waals surface area contributed by atoms with Gasteiger partial charge in [-0.1, -0.05) is 11.6 Å². The molecule has 82 valence electrons. The standard InChI is InChI=1S/C11H14ClNO2/c12-10-1-3-11(4-2-10)13-5-7-14-9-15-8-6-13/h1-4H,5-9H2. The molecule has 2 rings (SSSR count). The van der Waals surface area contributed by atoms with Crippen LogP contribution in [0.5, 0.6) is 0 Å². The lowest BCUT2D eigenvalue weighted by atomic mass is 10.3. The van der Waals surface area contributed by atoms with Gasteiger partial charge in [0.1, 0.15) is 6.79 Å². The van der Waals surface area contributed by atoms with E-state index in [2.05, 4.69) is 4.90 Å². The molecule has 1 aliphatic heterocycles. The lowest BCUT2D eigenvalue weighted by Crippen LogP contribution is -2.33. The fourth-order valence-electron chi connectivity index (χ4n) is 1.55. The number of anilines is 1. The van der Waals surface area contributed by atoms with Gasteiger partial charge in [0.25, 0.3) is 0 Å². The van der Waals surface area contributed by atoms with Gasteiger partial charge in [-0.15, -0.1) is 0 Å². The summed E-state index contributed by atoms with van der Waals surface area (Å²) < 4.78 is 10.5. The van der Waals surface area contributed by atoms with Gasteiger partial charge in [0.05, 0.1) is 13.2 Å². The van der Waals surface area contributed by atoms with Gasteiger partial charge in [-0.25, -0.2) is 0 Å². The molecular formula is C11H14ClNO2. The average molecular weight is 228 g/mol. The van der Waals surface area contributed by atoms with E-state index in [0.717, 1.165) is 23.8 Å². The number of hydrogen-bond donors (Lipinski definition) is 0. The highest BCUT2D eigenvalue weighted by molar-refractivity contribution is 6.30. The molecule has 0 N–H and O–H groups in total. The molecule has 0 saturated carbocycles. The summed E-state index contributed by atoms with van der Waals surface area (Å²) in [6.07, 6.45) is 0. The van der Waals surface area contributed by atoms with Crippen molar-refractivity contribution in [2.75, 3.05) is 38.0 Å². The van der Waals surface area contributed by atoms with Crippen molar-refractivity contribution in [3.05, 3.63) is 29.3 Å². The molecule has 0 bridgehead atoms. The molecule has 0 spiro atoms. The van der Waals surface area contributed by atoms with E-state index in [0.29, 0.717) is 20.0 Å². The lowest BCUT2D eigenvalue weighted by molar-refractivity contribution is -0.0566. The maximum Gasteiger partial charge on any atom is 0.146 e. The lowest BCUT2D eigenvalue weighted by Gasteiger charge is -2.26. The third-order valence-electron chi connectivity index (χ3n) is 2.37. The molecular weight excluding hydrogens is 214 g/mol. The zero-order valence-electron chi connectivity index (χ0n) is 8.49. The van der Waals surface area contributed by atoms with Crippen LogP contribution in [0.25, 0.3) is 0 Å². The van der Waals surface area contributed by atoms with Crippen molar-refractivity contribution in [2.45, 2.75) is 0 Å². The molecule has 3 nitrogen and oxygen atoms in total. The first-order chi connectivity index (χ1) is 7.36. The minimum Gasteiger partial charge on any atom is -0.367 e. The Kier molecular flexibility index (Phi) is 3.83. The molecule has 0 atom stereocenters. The average Bonchev–Trinajstić information content (AvgIpc) is 2.19. The molecule has 0 unspecified atom stereocenters. The van der Waals surface area contributed by atoms with Crippen LogP contribution in [-0.2, 0) is 9.47 Å². The van der Waals surface area contributed by atoms with E-state index in [1.807, 2.05) is 24.3 Å². The van der Waals surface area contributed by atoms with Crippen LogP contribution in [0.3, 0.4) is 0 Å². The molecule has 1 aromatic rings. The minimum absolute atomic E-state index is 0.411. The van der Waals surface area contributed by atoms with Crippen molar-refractivity contribution < 1.29 is 9.47 Å². The fraction of sp³-hybridized carbons (Fsp3) is 0.455. The summed E-state index contributed by atoms with van der Waals surface area (Å²) in [5.74, 6) is 0. The second-order valence-electron chi connectivity index (χ2n) is 3.40. The van der Waals surface area contributed by atoms with Gasteiger partial charge in [0, 0.05) is 23.8 Å². The highest BCUT2D eigenvalue weighted by Crippen LogP contribution is 2.18. The fourth-order valence-corrected chi connectivity index (χ4v) is 1.67. The molecule has 1 heterocycles. The molecule has 1 saturated heterocycles. The summed E-state index contributed by atoms with van der Waals surface area (Å²) in [6, 6.07) is 7.84. The Morgan fingerprint density at radius 3 is 2.20 bits per heavy atom. The number of ether oxygens (including phenoxy) is 2. The normalized spacial score (nSPS) is 18.3. The minimum atomic E-state index is 0.411. The number of hydrogen-bond acceptors (Lipinski definition) is 3. The van der Waals surface area contributed by atoms with Crippen molar-refractivity contribution >= 4 is 17.3 Å². The molecule has 0 aliphatic carbocycles. The van der Waals surface area contributed by atoms with E-state index in [1.54, 1.807) is 0 Å². The summed E-state index contributed by atoms with van der Waals surface area (Å²) in [6.45, 7) is 3.59.